The number of halogens is 1. The maximum Gasteiger partial charge on any atom is 0.0992 e. The van der Waals surface area contributed by atoms with Crippen molar-refractivity contribution < 1.29 is 4.74 Å². The van der Waals surface area contributed by atoms with Crippen LogP contribution in [0.15, 0.2) is 18.2 Å². The molecule has 0 fully saturated rings. The Labute approximate surface area is 101 Å². The van der Waals surface area contributed by atoms with Gasteiger partial charge in [-0.1, -0.05) is 17.7 Å². The van der Waals surface area contributed by atoms with E-state index in [0.717, 1.165) is 12.1 Å². The molecular weight excluding hydrogens is 224 g/mol. The topological polar surface area (TPSA) is 45.0 Å². The SMILES string of the molecule is CNCC(C)OCc1ccc(C#N)cc1Cl. The summed E-state index contributed by atoms with van der Waals surface area (Å²) in [6, 6.07) is 7.27. The molecule has 0 aliphatic carbocycles. The number of rotatable bonds is 5. The molecule has 0 saturated carbocycles. The van der Waals surface area contributed by atoms with Gasteiger partial charge in [0.15, 0.2) is 0 Å². The van der Waals surface area contributed by atoms with Crippen LogP contribution in [0.5, 0.6) is 0 Å². The Kier molecular flexibility index (Phi) is 5.27. The van der Waals surface area contributed by atoms with Gasteiger partial charge in [0.2, 0.25) is 0 Å². The Bertz CT molecular complexity index is 387. The Morgan fingerprint density at radius 1 is 1.56 bits per heavy atom. The number of hydrogen-bond acceptors (Lipinski definition) is 3. The molecule has 0 aliphatic heterocycles. The summed E-state index contributed by atoms with van der Waals surface area (Å²) >= 11 is 6.02. The van der Waals surface area contributed by atoms with Gasteiger partial charge in [-0.3, -0.25) is 0 Å². The minimum Gasteiger partial charge on any atom is -0.372 e. The molecule has 0 radical (unpaired) electrons. The monoisotopic (exact) mass is 238 g/mol. The number of nitrogens with zero attached hydrogens (tertiary/aromatic N) is 1. The Morgan fingerprint density at radius 3 is 2.88 bits per heavy atom. The number of hydrogen-bond donors (Lipinski definition) is 1. The van der Waals surface area contributed by atoms with E-state index in [1.807, 2.05) is 26.1 Å². The lowest BCUT2D eigenvalue weighted by Gasteiger charge is -2.13. The fourth-order valence-electron chi connectivity index (χ4n) is 1.31. The molecule has 0 bridgehead atoms. The highest BCUT2D eigenvalue weighted by atomic mass is 35.5. The van der Waals surface area contributed by atoms with Gasteiger partial charge in [-0.05, 0) is 31.7 Å². The molecule has 1 aromatic carbocycles. The molecule has 3 nitrogen and oxygen atoms in total. The van der Waals surface area contributed by atoms with Crippen LogP contribution in [0.1, 0.15) is 18.1 Å². The van der Waals surface area contributed by atoms with E-state index in [0.29, 0.717) is 17.2 Å². The van der Waals surface area contributed by atoms with Crippen molar-refractivity contribution in [2.75, 3.05) is 13.6 Å². The standard InChI is InChI=1S/C12H15ClN2O/c1-9(7-15-2)16-8-11-4-3-10(6-14)5-12(11)13/h3-5,9,15H,7-8H2,1-2H3. The number of benzene rings is 1. The zero-order valence-electron chi connectivity index (χ0n) is 9.46. The molecular formula is C12H15ClN2O. The van der Waals surface area contributed by atoms with Gasteiger partial charge in [-0.15, -0.1) is 0 Å². The first-order valence-electron chi connectivity index (χ1n) is 5.12. The average Bonchev–Trinajstić information content (AvgIpc) is 2.27. The van der Waals surface area contributed by atoms with E-state index in [-0.39, 0.29) is 6.10 Å². The predicted octanol–water partition coefficient (Wildman–Crippen LogP) is 2.34. The molecule has 1 unspecified atom stereocenters. The number of ether oxygens (including phenoxy) is 1. The minimum atomic E-state index is 0.136. The van der Waals surface area contributed by atoms with Crippen molar-refractivity contribution in [3.05, 3.63) is 34.3 Å². The lowest BCUT2D eigenvalue weighted by molar-refractivity contribution is 0.0545. The third-order valence-electron chi connectivity index (χ3n) is 2.20. The van der Waals surface area contributed by atoms with E-state index in [4.69, 9.17) is 21.6 Å². The normalized spacial score (nSPS) is 12.1. The zero-order chi connectivity index (χ0) is 12.0. The summed E-state index contributed by atoms with van der Waals surface area (Å²) in [5.41, 5.74) is 1.47. The highest BCUT2D eigenvalue weighted by Crippen LogP contribution is 2.18. The van der Waals surface area contributed by atoms with Gasteiger partial charge in [0.25, 0.3) is 0 Å². The van der Waals surface area contributed by atoms with Crippen molar-refractivity contribution in [1.82, 2.24) is 5.32 Å². The lowest BCUT2D eigenvalue weighted by Crippen LogP contribution is -2.23. The molecule has 0 aromatic heterocycles. The molecule has 16 heavy (non-hydrogen) atoms. The van der Waals surface area contributed by atoms with Gasteiger partial charge in [0, 0.05) is 11.6 Å². The van der Waals surface area contributed by atoms with Crippen molar-refractivity contribution in [1.29, 1.82) is 5.26 Å². The van der Waals surface area contributed by atoms with E-state index in [2.05, 4.69) is 5.32 Å². The molecule has 1 aromatic rings. The molecule has 0 saturated heterocycles. The maximum atomic E-state index is 8.69. The van der Waals surface area contributed by atoms with Crippen molar-refractivity contribution in [3.63, 3.8) is 0 Å². The van der Waals surface area contributed by atoms with Crippen molar-refractivity contribution in [3.8, 4) is 6.07 Å². The van der Waals surface area contributed by atoms with Gasteiger partial charge in [0.1, 0.15) is 0 Å². The first-order valence-corrected chi connectivity index (χ1v) is 5.50. The summed E-state index contributed by atoms with van der Waals surface area (Å²) < 4.78 is 5.59. The highest BCUT2D eigenvalue weighted by molar-refractivity contribution is 6.31. The summed E-state index contributed by atoms with van der Waals surface area (Å²) in [5.74, 6) is 0. The van der Waals surface area contributed by atoms with Crippen LogP contribution in [0.25, 0.3) is 0 Å². The first-order chi connectivity index (χ1) is 7.67. The van der Waals surface area contributed by atoms with Crippen LogP contribution in [0.2, 0.25) is 5.02 Å². The van der Waals surface area contributed by atoms with Crippen molar-refractivity contribution >= 4 is 11.6 Å². The summed E-state index contributed by atoms with van der Waals surface area (Å²) in [6.45, 7) is 3.26. The molecule has 1 atom stereocenters. The Morgan fingerprint density at radius 2 is 2.31 bits per heavy atom. The smallest absolute Gasteiger partial charge is 0.0992 e. The van der Waals surface area contributed by atoms with Crippen molar-refractivity contribution in [2.24, 2.45) is 0 Å². The number of likely N-dealkylation sites (N-methyl/N-ethyl adjacent to an activating group) is 1. The predicted molar refractivity (Wildman–Crippen MR) is 64.3 cm³/mol. The second-order valence-electron chi connectivity index (χ2n) is 3.60. The van der Waals surface area contributed by atoms with Crippen LogP contribution in [0.4, 0.5) is 0 Å². The quantitative estimate of drug-likeness (QED) is 0.857. The fourth-order valence-corrected chi connectivity index (χ4v) is 1.55. The van der Waals surface area contributed by atoms with Gasteiger partial charge in [0.05, 0.1) is 24.3 Å². The van der Waals surface area contributed by atoms with Crippen molar-refractivity contribution in [2.45, 2.75) is 19.6 Å². The number of nitriles is 1. The molecule has 0 amide bonds. The van der Waals surface area contributed by atoms with Crippen LogP contribution in [0.3, 0.4) is 0 Å². The third-order valence-corrected chi connectivity index (χ3v) is 2.55. The minimum absolute atomic E-state index is 0.136. The summed E-state index contributed by atoms with van der Waals surface area (Å²) in [5, 5.41) is 12.3. The van der Waals surface area contributed by atoms with Crippen LogP contribution in [-0.4, -0.2) is 19.7 Å². The fraction of sp³-hybridized carbons (Fsp3) is 0.417. The molecule has 1 N–H and O–H groups in total. The highest BCUT2D eigenvalue weighted by Gasteiger charge is 2.05. The molecule has 0 aliphatic rings. The largest absolute Gasteiger partial charge is 0.372 e. The summed E-state index contributed by atoms with van der Waals surface area (Å²) in [4.78, 5) is 0. The second-order valence-corrected chi connectivity index (χ2v) is 4.00. The Hall–Kier alpha value is -1.08. The van der Waals surface area contributed by atoms with E-state index < -0.39 is 0 Å². The van der Waals surface area contributed by atoms with E-state index >= 15 is 0 Å². The molecule has 0 spiro atoms. The average molecular weight is 239 g/mol. The zero-order valence-corrected chi connectivity index (χ0v) is 10.2. The molecule has 1 rings (SSSR count). The van der Waals surface area contributed by atoms with Gasteiger partial charge in [-0.2, -0.15) is 5.26 Å². The molecule has 86 valence electrons. The Balaban J connectivity index is 2.58. The molecule has 4 heteroatoms. The van der Waals surface area contributed by atoms with Gasteiger partial charge >= 0.3 is 0 Å². The van der Waals surface area contributed by atoms with Crippen LogP contribution >= 0.6 is 11.6 Å². The number of nitrogens with one attached hydrogen (secondary N) is 1. The van der Waals surface area contributed by atoms with Crippen LogP contribution < -0.4 is 5.32 Å². The van der Waals surface area contributed by atoms with Gasteiger partial charge < -0.3 is 10.1 Å². The first kappa shape index (κ1) is 13.0. The van der Waals surface area contributed by atoms with E-state index in [1.165, 1.54) is 0 Å². The van der Waals surface area contributed by atoms with E-state index in [1.54, 1.807) is 12.1 Å². The summed E-state index contributed by atoms with van der Waals surface area (Å²) in [6.07, 6.45) is 0.136. The van der Waals surface area contributed by atoms with Crippen LogP contribution in [-0.2, 0) is 11.3 Å². The van der Waals surface area contributed by atoms with E-state index in [9.17, 15) is 0 Å². The molecule has 0 heterocycles. The second kappa shape index (κ2) is 6.49. The third kappa shape index (κ3) is 3.82. The van der Waals surface area contributed by atoms with Gasteiger partial charge in [-0.25, -0.2) is 0 Å². The maximum absolute atomic E-state index is 8.69. The lowest BCUT2D eigenvalue weighted by atomic mass is 10.1. The summed E-state index contributed by atoms with van der Waals surface area (Å²) in [7, 11) is 1.88. The van der Waals surface area contributed by atoms with Crippen LogP contribution in [0, 0.1) is 11.3 Å².